The van der Waals surface area contributed by atoms with Crippen LogP contribution in [0.5, 0.6) is 5.75 Å². The van der Waals surface area contributed by atoms with Gasteiger partial charge in [0.25, 0.3) is 5.91 Å². The smallest absolute Gasteiger partial charge is 0.260 e. The molecule has 1 rings (SSSR count). The second-order valence-corrected chi connectivity index (χ2v) is 5.34. The molecule has 1 aromatic carbocycles. The SMILES string of the molecule is CC(C)CC(C)N(C)C(=O)COc1ccc(N)cc1. The minimum Gasteiger partial charge on any atom is -0.484 e. The van der Waals surface area contributed by atoms with E-state index in [0.29, 0.717) is 17.4 Å². The molecule has 1 aromatic rings. The quantitative estimate of drug-likeness (QED) is 0.803. The molecule has 0 saturated carbocycles. The Morgan fingerprint density at radius 1 is 1.26 bits per heavy atom. The van der Waals surface area contributed by atoms with Gasteiger partial charge in [-0.25, -0.2) is 0 Å². The first kappa shape index (κ1) is 15.3. The number of likely N-dealkylation sites (N-methyl/N-ethyl adjacent to an activating group) is 1. The van der Waals surface area contributed by atoms with E-state index in [1.54, 1.807) is 29.2 Å². The zero-order chi connectivity index (χ0) is 14.4. The van der Waals surface area contributed by atoms with E-state index in [2.05, 4.69) is 20.8 Å². The van der Waals surface area contributed by atoms with Gasteiger partial charge < -0.3 is 15.4 Å². The maximum Gasteiger partial charge on any atom is 0.260 e. The highest BCUT2D eigenvalue weighted by atomic mass is 16.5. The highest BCUT2D eigenvalue weighted by Crippen LogP contribution is 2.14. The van der Waals surface area contributed by atoms with Crippen molar-refractivity contribution in [2.45, 2.75) is 33.2 Å². The van der Waals surface area contributed by atoms with E-state index in [0.717, 1.165) is 6.42 Å². The zero-order valence-corrected chi connectivity index (χ0v) is 12.2. The van der Waals surface area contributed by atoms with Crippen molar-refractivity contribution in [1.29, 1.82) is 0 Å². The number of carbonyl (C=O) groups excluding carboxylic acids is 1. The second-order valence-electron chi connectivity index (χ2n) is 5.34. The topological polar surface area (TPSA) is 55.6 Å². The Bertz CT molecular complexity index is 401. The highest BCUT2D eigenvalue weighted by Gasteiger charge is 2.17. The maximum atomic E-state index is 12.0. The van der Waals surface area contributed by atoms with Crippen molar-refractivity contribution >= 4 is 11.6 Å². The van der Waals surface area contributed by atoms with Gasteiger partial charge >= 0.3 is 0 Å². The number of carbonyl (C=O) groups is 1. The Balaban J connectivity index is 2.44. The number of nitrogen functional groups attached to an aromatic ring is 1. The van der Waals surface area contributed by atoms with Gasteiger partial charge in [-0.1, -0.05) is 13.8 Å². The van der Waals surface area contributed by atoms with Gasteiger partial charge in [-0.3, -0.25) is 4.79 Å². The van der Waals surface area contributed by atoms with Gasteiger partial charge in [0.05, 0.1) is 0 Å². The fourth-order valence-electron chi connectivity index (χ4n) is 1.90. The molecule has 1 unspecified atom stereocenters. The van der Waals surface area contributed by atoms with E-state index in [4.69, 9.17) is 10.5 Å². The third-order valence-corrected chi connectivity index (χ3v) is 3.11. The number of amides is 1. The number of anilines is 1. The van der Waals surface area contributed by atoms with E-state index in [1.807, 2.05) is 7.05 Å². The third kappa shape index (κ3) is 5.20. The van der Waals surface area contributed by atoms with Gasteiger partial charge in [0.15, 0.2) is 6.61 Å². The molecule has 106 valence electrons. The average Bonchev–Trinajstić information content (AvgIpc) is 2.36. The summed E-state index contributed by atoms with van der Waals surface area (Å²) < 4.78 is 5.45. The lowest BCUT2D eigenvalue weighted by Crippen LogP contribution is -2.38. The summed E-state index contributed by atoms with van der Waals surface area (Å²) in [5.74, 6) is 1.22. The Labute approximate surface area is 115 Å². The number of hydrogen-bond donors (Lipinski definition) is 1. The van der Waals surface area contributed by atoms with Crippen LogP contribution >= 0.6 is 0 Å². The van der Waals surface area contributed by atoms with Crippen LogP contribution in [-0.4, -0.2) is 30.5 Å². The molecule has 4 nitrogen and oxygen atoms in total. The molecule has 19 heavy (non-hydrogen) atoms. The van der Waals surface area contributed by atoms with Crippen molar-refractivity contribution in [3.63, 3.8) is 0 Å². The van der Waals surface area contributed by atoms with Crippen molar-refractivity contribution in [2.24, 2.45) is 5.92 Å². The molecule has 0 aromatic heterocycles. The lowest BCUT2D eigenvalue weighted by atomic mass is 10.0. The van der Waals surface area contributed by atoms with Crippen LogP contribution in [0.4, 0.5) is 5.69 Å². The summed E-state index contributed by atoms with van der Waals surface area (Å²) in [7, 11) is 1.82. The summed E-state index contributed by atoms with van der Waals surface area (Å²) in [5.41, 5.74) is 6.27. The normalized spacial score (nSPS) is 12.3. The van der Waals surface area contributed by atoms with E-state index < -0.39 is 0 Å². The van der Waals surface area contributed by atoms with Crippen molar-refractivity contribution < 1.29 is 9.53 Å². The fraction of sp³-hybridized carbons (Fsp3) is 0.533. The fourth-order valence-corrected chi connectivity index (χ4v) is 1.90. The van der Waals surface area contributed by atoms with Crippen LogP contribution in [0.3, 0.4) is 0 Å². The summed E-state index contributed by atoms with van der Waals surface area (Å²) >= 11 is 0. The van der Waals surface area contributed by atoms with E-state index in [1.165, 1.54) is 0 Å². The standard InChI is InChI=1S/C15H24N2O2/c1-11(2)9-12(3)17(4)15(18)10-19-14-7-5-13(16)6-8-14/h5-8,11-12H,9-10,16H2,1-4H3. The maximum absolute atomic E-state index is 12.0. The molecule has 4 heteroatoms. The first-order valence-electron chi connectivity index (χ1n) is 6.64. The Morgan fingerprint density at radius 2 is 1.84 bits per heavy atom. The number of rotatable bonds is 6. The number of nitrogens with two attached hydrogens (primary N) is 1. The number of hydrogen-bond acceptors (Lipinski definition) is 3. The molecular formula is C15H24N2O2. The number of nitrogens with zero attached hydrogens (tertiary/aromatic N) is 1. The molecule has 1 amide bonds. The van der Waals surface area contributed by atoms with Crippen LogP contribution in [0.15, 0.2) is 24.3 Å². The Kier molecular flexibility index (Phi) is 5.67. The van der Waals surface area contributed by atoms with Gasteiger partial charge in [-0.15, -0.1) is 0 Å². The largest absolute Gasteiger partial charge is 0.484 e. The zero-order valence-electron chi connectivity index (χ0n) is 12.2. The molecule has 2 N–H and O–H groups in total. The molecule has 0 radical (unpaired) electrons. The van der Waals surface area contributed by atoms with Crippen LogP contribution in [0.1, 0.15) is 27.2 Å². The molecule has 0 aliphatic rings. The van der Waals surface area contributed by atoms with E-state index >= 15 is 0 Å². The van der Waals surface area contributed by atoms with Crippen LogP contribution in [0, 0.1) is 5.92 Å². The molecule has 0 fully saturated rings. The average molecular weight is 264 g/mol. The van der Waals surface area contributed by atoms with Crippen LogP contribution in [-0.2, 0) is 4.79 Å². The Hall–Kier alpha value is -1.71. The molecule has 0 heterocycles. The predicted octanol–water partition coefficient (Wildman–Crippen LogP) is 2.54. The minimum atomic E-state index is -0.00928. The summed E-state index contributed by atoms with van der Waals surface area (Å²) in [6, 6.07) is 7.26. The van der Waals surface area contributed by atoms with Gasteiger partial charge in [0, 0.05) is 18.8 Å². The van der Waals surface area contributed by atoms with Gasteiger partial charge in [-0.05, 0) is 43.5 Å². The minimum absolute atomic E-state index is 0.00928. The monoisotopic (exact) mass is 264 g/mol. The molecular weight excluding hydrogens is 240 g/mol. The van der Waals surface area contributed by atoms with Crippen LogP contribution in [0.2, 0.25) is 0 Å². The van der Waals surface area contributed by atoms with Crippen molar-refractivity contribution in [3.05, 3.63) is 24.3 Å². The van der Waals surface area contributed by atoms with E-state index in [9.17, 15) is 4.79 Å². The van der Waals surface area contributed by atoms with Crippen LogP contribution < -0.4 is 10.5 Å². The molecule has 0 spiro atoms. The van der Waals surface area contributed by atoms with Crippen molar-refractivity contribution in [3.8, 4) is 5.75 Å². The highest BCUT2D eigenvalue weighted by molar-refractivity contribution is 5.77. The molecule has 0 bridgehead atoms. The molecule has 0 aliphatic carbocycles. The summed E-state index contributed by atoms with van der Waals surface area (Å²) in [6.45, 7) is 6.42. The first-order valence-corrected chi connectivity index (χ1v) is 6.64. The van der Waals surface area contributed by atoms with Gasteiger partial charge in [-0.2, -0.15) is 0 Å². The summed E-state index contributed by atoms with van der Waals surface area (Å²) in [5, 5.41) is 0. The predicted molar refractivity (Wildman–Crippen MR) is 78.0 cm³/mol. The third-order valence-electron chi connectivity index (χ3n) is 3.11. The number of ether oxygens (including phenoxy) is 1. The number of benzene rings is 1. The van der Waals surface area contributed by atoms with Crippen molar-refractivity contribution in [2.75, 3.05) is 19.4 Å². The molecule has 0 saturated heterocycles. The molecule has 1 atom stereocenters. The lowest BCUT2D eigenvalue weighted by molar-refractivity contribution is -0.134. The summed E-state index contributed by atoms with van der Waals surface area (Å²) in [6.07, 6.45) is 0.990. The first-order chi connectivity index (χ1) is 8.90. The Morgan fingerprint density at radius 3 is 2.37 bits per heavy atom. The second kappa shape index (κ2) is 7.02. The summed E-state index contributed by atoms with van der Waals surface area (Å²) in [4.78, 5) is 13.7. The van der Waals surface area contributed by atoms with E-state index in [-0.39, 0.29) is 18.6 Å². The molecule has 0 aliphatic heterocycles. The van der Waals surface area contributed by atoms with Crippen molar-refractivity contribution in [1.82, 2.24) is 4.90 Å². The van der Waals surface area contributed by atoms with Gasteiger partial charge in [0.1, 0.15) is 5.75 Å². The lowest BCUT2D eigenvalue weighted by Gasteiger charge is -2.26. The van der Waals surface area contributed by atoms with Crippen LogP contribution in [0.25, 0.3) is 0 Å². The van der Waals surface area contributed by atoms with Gasteiger partial charge in [0.2, 0.25) is 0 Å².